The first-order valence-corrected chi connectivity index (χ1v) is 6.43. The maximum atomic E-state index is 12.4. The second-order valence-electron chi connectivity index (χ2n) is 4.52. The number of aryl methyl sites for hydroxylation is 1. The molecule has 1 aromatic heterocycles. The Morgan fingerprint density at radius 2 is 2.00 bits per heavy atom. The number of hydrogen-bond acceptors (Lipinski definition) is 3. The van der Waals surface area contributed by atoms with Crippen LogP contribution in [0.3, 0.4) is 0 Å². The number of halogens is 3. The van der Waals surface area contributed by atoms with Gasteiger partial charge in [-0.2, -0.15) is 13.2 Å². The smallest absolute Gasteiger partial charge is 0.401 e. The van der Waals surface area contributed by atoms with Gasteiger partial charge in [0.1, 0.15) is 11.5 Å². The van der Waals surface area contributed by atoms with Crippen LogP contribution in [0.2, 0.25) is 0 Å². The van der Waals surface area contributed by atoms with Gasteiger partial charge in [-0.1, -0.05) is 13.8 Å². The molecule has 0 atom stereocenters. The van der Waals surface area contributed by atoms with Crippen molar-refractivity contribution in [3.8, 4) is 0 Å². The molecule has 6 heteroatoms. The Kier molecular flexibility index (Phi) is 5.87. The largest absolute Gasteiger partial charge is 0.463 e. The molecule has 3 nitrogen and oxygen atoms in total. The van der Waals surface area contributed by atoms with E-state index in [-0.39, 0.29) is 6.54 Å². The standard InChI is InChI=1S/C13H21F3N2O/c1-4-17-7-12-10(3)6-11(19-12)8-18(5-2)9-13(14,15)16/h6,17H,4-5,7-9H2,1-3H3. The van der Waals surface area contributed by atoms with Gasteiger partial charge in [0, 0.05) is 0 Å². The fourth-order valence-electron chi connectivity index (χ4n) is 1.84. The number of rotatable bonds is 7. The van der Waals surface area contributed by atoms with Gasteiger partial charge < -0.3 is 9.73 Å². The van der Waals surface area contributed by atoms with E-state index in [1.54, 1.807) is 6.92 Å². The molecular weight excluding hydrogens is 257 g/mol. The highest BCUT2D eigenvalue weighted by molar-refractivity contribution is 5.20. The third kappa shape index (κ3) is 5.65. The van der Waals surface area contributed by atoms with Crippen LogP contribution >= 0.6 is 0 Å². The third-order valence-corrected chi connectivity index (χ3v) is 2.84. The Labute approximate surface area is 111 Å². The van der Waals surface area contributed by atoms with Crippen molar-refractivity contribution in [2.75, 3.05) is 19.6 Å². The van der Waals surface area contributed by atoms with Gasteiger partial charge in [0.15, 0.2) is 0 Å². The van der Waals surface area contributed by atoms with E-state index in [9.17, 15) is 13.2 Å². The first-order valence-electron chi connectivity index (χ1n) is 6.43. The summed E-state index contributed by atoms with van der Waals surface area (Å²) in [5.41, 5.74) is 0.971. The summed E-state index contributed by atoms with van der Waals surface area (Å²) in [6, 6.07) is 1.81. The minimum absolute atomic E-state index is 0.184. The molecular formula is C13H21F3N2O. The Bertz CT molecular complexity index is 388. The van der Waals surface area contributed by atoms with E-state index in [1.807, 2.05) is 19.9 Å². The van der Waals surface area contributed by atoms with Gasteiger partial charge in [0.05, 0.1) is 19.6 Å². The van der Waals surface area contributed by atoms with Crippen molar-refractivity contribution in [1.82, 2.24) is 10.2 Å². The summed E-state index contributed by atoms with van der Waals surface area (Å²) < 4.78 is 42.7. The molecule has 110 valence electrons. The summed E-state index contributed by atoms with van der Waals surface area (Å²) in [5, 5.41) is 3.14. The molecule has 0 aliphatic carbocycles. The first-order chi connectivity index (χ1) is 8.85. The number of nitrogens with zero attached hydrogens (tertiary/aromatic N) is 1. The van der Waals surface area contributed by atoms with Crippen molar-refractivity contribution >= 4 is 0 Å². The van der Waals surface area contributed by atoms with Crippen LogP contribution in [0, 0.1) is 6.92 Å². The molecule has 1 aromatic rings. The monoisotopic (exact) mass is 278 g/mol. The van der Waals surface area contributed by atoms with Gasteiger partial charge >= 0.3 is 6.18 Å². The fourth-order valence-corrected chi connectivity index (χ4v) is 1.84. The summed E-state index contributed by atoms with van der Waals surface area (Å²) >= 11 is 0. The van der Waals surface area contributed by atoms with Crippen LogP contribution < -0.4 is 5.32 Å². The highest BCUT2D eigenvalue weighted by atomic mass is 19.4. The number of furan rings is 1. The fraction of sp³-hybridized carbons (Fsp3) is 0.692. The van der Waals surface area contributed by atoms with Crippen LogP contribution in [-0.4, -0.2) is 30.7 Å². The van der Waals surface area contributed by atoms with Crippen molar-refractivity contribution in [3.63, 3.8) is 0 Å². The highest BCUT2D eigenvalue weighted by Gasteiger charge is 2.30. The zero-order valence-corrected chi connectivity index (χ0v) is 11.6. The zero-order valence-electron chi connectivity index (χ0n) is 11.6. The molecule has 0 aliphatic rings. The molecule has 0 radical (unpaired) electrons. The van der Waals surface area contributed by atoms with Crippen molar-refractivity contribution in [1.29, 1.82) is 0 Å². The van der Waals surface area contributed by atoms with Crippen molar-refractivity contribution in [2.24, 2.45) is 0 Å². The van der Waals surface area contributed by atoms with E-state index in [0.717, 1.165) is 17.9 Å². The summed E-state index contributed by atoms with van der Waals surface area (Å²) in [6.45, 7) is 6.64. The van der Waals surface area contributed by atoms with E-state index < -0.39 is 12.7 Å². The van der Waals surface area contributed by atoms with Gasteiger partial charge in [-0.3, -0.25) is 4.90 Å². The molecule has 0 amide bonds. The third-order valence-electron chi connectivity index (χ3n) is 2.84. The number of hydrogen-bond donors (Lipinski definition) is 1. The zero-order chi connectivity index (χ0) is 14.5. The molecule has 0 aromatic carbocycles. The van der Waals surface area contributed by atoms with Gasteiger partial charge in [-0.05, 0) is 31.6 Å². The first kappa shape index (κ1) is 16.0. The van der Waals surface area contributed by atoms with Crippen molar-refractivity contribution in [2.45, 2.75) is 40.0 Å². The van der Waals surface area contributed by atoms with E-state index in [0.29, 0.717) is 18.8 Å². The molecule has 1 rings (SSSR count). The molecule has 1 heterocycles. The summed E-state index contributed by atoms with van der Waals surface area (Å²) in [4.78, 5) is 1.31. The van der Waals surface area contributed by atoms with Crippen LogP contribution in [-0.2, 0) is 13.1 Å². The summed E-state index contributed by atoms with van der Waals surface area (Å²) in [5.74, 6) is 1.37. The molecule has 0 unspecified atom stereocenters. The van der Waals surface area contributed by atoms with E-state index >= 15 is 0 Å². The molecule has 0 bridgehead atoms. The molecule has 0 saturated heterocycles. The van der Waals surface area contributed by atoms with Crippen LogP contribution in [0.25, 0.3) is 0 Å². The minimum Gasteiger partial charge on any atom is -0.463 e. The highest BCUT2D eigenvalue weighted by Crippen LogP contribution is 2.20. The lowest BCUT2D eigenvalue weighted by atomic mass is 10.2. The van der Waals surface area contributed by atoms with E-state index in [2.05, 4.69) is 5.32 Å². The quantitative estimate of drug-likeness (QED) is 0.831. The number of nitrogens with one attached hydrogen (secondary N) is 1. The molecule has 0 spiro atoms. The average Bonchev–Trinajstić information content (AvgIpc) is 2.64. The van der Waals surface area contributed by atoms with E-state index in [1.165, 1.54) is 4.90 Å². The lowest BCUT2D eigenvalue weighted by molar-refractivity contribution is -0.147. The second kappa shape index (κ2) is 6.96. The summed E-state index contributed by atoms with van der Waals surface area (Å²) in [6.07, 6.45) is -4.18. The molecule has 0 fully saturated rings. The minimum atomic E-state index is -4.18. The van der Waals surface area contributed by atoms with Gasteiger partial charge in [0.25, 0.3) is 0 Å². The van der Waals surface area contributed by atoms with Gasteiger partial charge in [0.2, 0.25) is 0 Å². The molecule has 1 N–H and O–H groups in total. The average molecular weight is 278 g/mol. The summed E-state index contributed by atoms with van der Waals surface area (Å²) in [7, 11) is 0. The Morgan fingerprint density at radius 1 is 1.32 bits per heavy atom. The predicted octanol–water partition coefficient (Wildman–Crippen LogP) is 3.08. The van der Waals surface area contributed by atoms with Gasteiger partial charge in [-0.25, -0.2) is 0 Å². The van der Waals surface area contributed by atoms with Crippen molar-refractivity contribution in [3.05, 3.63) is 23.2 Å². The van der Waals surface area contributed by atoms with Crippen LogP contribution in [0.15, 0.2) is 10.5 Å². The van der Waals surface area contributed by atoms with E-state index in [4.69, 9.17) is 4.42 Å². The molecule has 19 heavy (non-hydrogen) atoms. The maximum absolute atomic E-state index is 12.4. The van der Waals surface area contributed by atoms with Crippen LogP contribution in [0.1, 0.15) is 30.9 Å². The molecule has 0 aliphatic heterocycles. The van der Waals surface area contributed by atoms with Gasteiger partial charge in [-0.15, -0.1) is 0 Å². The maximum Gasteiger partial charge on any atom is 0.401 e. The second-order valence-corrected chi connectivity index (χ2v) is 4.52. The number of alkyl halides is 3. The SMILES string of the molecule is CCNCc1oc(CN(CC)CC(F)(F)F)cc1C. The Hall–Kier alpha value is -1.01. The lowest BCUT2D eigenvalue weighted by Gasteiger charge is -2.20. The van der Waals surface area contributed by atoms with Crippen LogP contribution in [0.4, 0.5) is 13.2 Å². The molecule has 0 saturated carbocycles. The normalized spacial score (nSPS) is 12.4. The van der Waals surface area contributed by atoms with Crippen molar-refractivity contribution < 1.29 is 17.6 Å². The predicted molar refractivity (Wildman–Crippen MR) is 67.8 cm³/mol. The lowest BCUT2D eigenvalue weighted by Crippen LogP contribution is -2.33. The Morgan fingerprint density at radius 3 is 2.53 bits per heavy atom. The Balaban J connectivity index is 2.64. The topological polar surface area (TPSA) is 28.4 Å². The van der Waals surface area contributed by atoms with Crippen LogP contribution in [0.5, 0.6) is 0 Å².